The third kappa shape index (κ3) is 6.51. The predicted octanol–water partition coefficient (Wildman–Crippen LogP) is 0.406. The normalized spacial score (nSPS) is 14.8. The van der Waals surface area contributed by atoms with E-state index in [2.05, 4.69) is 5.32 Å². The number of allylic oxidation sites excluding steroid dienone is 1. The summed E-state index contributed by atoms with van der Waals surface area (Å²) in [4.78, 5) is 22.9. The van der Waals surface area contributed by atoms with Crippen molar-refractivity contribution in [2.45, 2.75) is 45.8 Å². The van der Waals surface area contributed by atoms with Gasteiger partial charge in [0.2, 0.25) is 5.91 Å². The maximum Gasteiger partial charge on any atom is 0.227 e. The fourth-order valence-corrected chi connectivity index (χ4v) is 1.27. The summed E-state index contributed by atoms with van der Waals surface area (Å²) in [7, 11) is 0. The van der Waals surface area contributed by atoms with Crippen LogP contribution in [0.1, 0.15) is 33.6 Å². The molecule has 1 amide bonds. The Morgan fingerprint density at radius 3 is 2.39 bits per heavy atom. The Kier molecular flexibility index (Phi) is 8.24. The molecule has 0 aromatic rings. The number of carbonyl (C=O) groups is 2. The number of amides is 1. The third-order valence-corrected chi connectivity index (χ3v) is 2.50. The lowest BCUT2D eigenvalue weighted by atomic mass is 10.1. The highest BCUT2D eigenvalue weighted by molar-refractivity contribution is 5.98. The standard InChI is InChI=1S/C13H23NO4/c1-4-5-6-11(16)10(8-15)14-13(18)7-12(17)9(2)3/h5-6,9-11,15-16H,4,7-8H2,1-3H3,(H,14,18). The fraction of sp³-hybridized carbons (Fsp3) is 0.692. The summed E-state index contributed by atoms with van der Waals surface area (Å²) in [6.45, 7) is 4.98. The van der Waals surface area contributed by atoms with Crippen molar-refractivity contribution in [2.24, 2.45) is 5.92 Å². The van der Waals surface area contributed by atoms with Gasteiger partial charge in [0.1, 0.15) is 5.78 Å². The molecule has 0 fully saturated rings. The van der Waals surface area contributed by atoms with Crippen molar-refractivity contribution in [1.82, 2.24) is 5.32 Å². The maximum atomic E-state index is 11.5. The van der Waals surface area contributed by atoms with Crippen molar-refractivity contribution in [2.75, 3.05) is 6.61 Å². The molecule has 18 heavy (non-hydrogen) atoms. The fourth-order valence-electron chi connectivity index (χ4n) is 1.27. The monoisotopic (exact) mass is 257 g/mol. The number of hydrogen-bond acceptors (Lipinski definition) is 4. The zero-order valence-corrected chi connectivity index (χ0v) is 11.2. The molecule has 5 nitrogen and oxygen atoms in total. The summed E-state index contributed by atoms with van der Waals surface area (Å²) in [6.07, 6.45) is 2.85. The molecule has 5 heteroatoms. The highest BCUT2D eigenvalue weighted by Crippen LogP contribution is 2.01. The van der Waals surface area contributed by atoms with Gasteiger partial charge in [-0.25, -0.2) is 0 Å². The molecular formula is C13H23NO4. The quantitative estimate of drug-likeness (QED) is 0.434. The van der Waals surface area contributed by atoms with Crippen molar-refractivity contribution >= 4 is 11.7 Å². The lowest BCUT2D eigenvalue weighted by molar-refractivity contribution is -0.130. The van der Waals surface area contributed by atoms with Gasteiger partial charge in [-0.05, 0) is 6.42 Å². The molecule has 0 aliphatic rings. The van der Waals surface area contributed by atoms with E-state index in [1.165, 1.54) is 6.08 Å². The summed E-state index contributed by atoms with van der Waals surface area (Å²) >= 11 is 0. The lowest BCUT2D eigenvalue weighted by Gasteiger charge is -2.19. The highest BCUT2D eigenvalue weighted by Gasteiger charge is 2.20. The first-order valence-electron chi connectivity index (χ1n) is 6.20. The molecule has 2 atom stereocenters. The van der Waals surface area contributed by atoms with Crippen LogP contribution < -0.4 is 5.32 Å². The van der Waals surface area contributed by atoms with Crippen LogP contribution in [0.4, 0.5) is 0 Å². The first kappa shape index (κ1) is 16.8. The average Bonchev–Trinajstić information content (AvgIpc) is 2.32. The summed E-state index contributed by atoms with van der Waals surface area (Å²) < 4.78 is 0. The largest absolute Gasteiger partial charge is 0.394 e. The van der Waals surface area contributed by atoms with Crippen LogP contribution in [0.3, 0.4) is 0 Å². The molecule has 0 aliphatic carbocycles. The molecule has 3 N–H and O–H groups in total. The molecule has 0 rings (SSSR count). The number of hydrogen-bond donors (Lipinski definition) is 3. The van der Waals surface area contributed by atoms with E-state index in [1.807, 2.05) is 6.92 Å². The molecule has 2 unspecified atom stereocenters. The van der Waals surface area contributed by atoms with Crippen LogP contribution in [-0.2, 0) is 9.59 Å². The van der Waals surface area contributed by atoms with Crippen LogP contribution in [-0.4, -0.2) is 40.7 Å². The number of aliphatic hydroxyl groups excluding tert-OH is 2. The minimum Gasteiger partial charge on any atom is -0.394 e. The topological polar surface area (TPSA) is 86.6 Å². The van der Waals surface area contributed by atoms with Gasteiger partial charge in [-0.15, -0.1) is 0 Å². The van der Waals surface area contributed by atoms with E-state index >= 15 is 0 Å². The van der Waals surface area contributed by atoms with Crippen molar-refractivity contribution in [3.8, 4) is 0 Å². The second kappa shape index (κ2) is 8.83. The van der Waals surface area contributed by atoms with Gasteiger partial charge in [-0.2, -0.15) is 0 Å². The summed E-state index contributed by atoms with van der Waals surface area (Å²) in [5, 5.41) is 21.2. The van der Waals surface area contributed by atoms with Gasteiger partial charge in [0.05, 0.1) is 25.2 Å². The number of aliphatic hydroxyl groups is 2. The van der Waals surface area contributed by atoms with Gasteiger partial charge in [0.25, 0.3) is 0 Å². The van der Waals surface area contributed by atoms with Crippen molar-refractivity contribution in [1.29, 1.82) is 0 Å². The van der Waals surface area contributed by atoms with Crippen LogP contribution in [0.25, 0.3) is 0 Å². The van der Waals surface area contributed by atoms with E-state index in [4.69, 9.17) is 5.11 Å². The van der Waals surface area contributed by atoms with E-state index in [9.17, 15) is 14.7 Å². The molecule has 0 aromatic carbocycles. The number of carbonyl (C=O) groups excluding carboxylic acids is 2. The van der Waals surface area contributed by atoms with Gasteiger partial charge in [0.15, 0.2) is 0 Å². The lowest BCUT2D eigenvalue weighted by Crippen LogP contribution is -2.45. The predicted molar refractivity (Wildman–Crippen MR) is 68.9 cm³/mol. The smallest absolute Gasteiger partial charge is 0.227 e. The maximum absolute atomic E-state index is 11.5. The van der Waals surface area contributed by atoms with Crippen LogP contribution >= 0.6 is 0 Å². The first-order valence-corrected chi connectivity index (χ1v) is 6.20. The Bertz CT molecular complexity index is 299. The van der Waals surface area contributed by atoms with Gasteiger partial charge in [0, 0.05) is 5.92 Å². The Morgan fingerprint density at radius 1 is 1.33 bits per heavy atom. The number of nitrogens with one attached hydrogen (secondary N) is 1. The van der Waals surface area contributed by atoms with Crippen LogP contribution in [0.2, 0.25) is 0 Å². The Labute approximate surface area is 108 Å². The SMILES string of the molecule is CCC=CC(O)C(CO)NC(=O)CC(=O)C(C)C. The molecule has 0 saturated heterocycles. The Morgan fingerprint density at radius 2 is 1.94 bits per heavy atom. The van der Waals surface area contributed by atoms with Crippen LogP contribution in [0.5, 0.6) is 0 Å². The van der Waals surface area contributed by atoms with Gasteiger partial charge >= 0.3 is 0 Å². The van der Waals surface area contributed by atoms with Crippen LogP contribution in [0.15, 0.2) is 12.2 Å². The van der Waals surface area contributed by atoms with E-state index in [-0.39, 0.29) is 24.7 Å². The average molecular weight is 257 g/mol. The molecule has 0 radical (unpaired) electrons. The molecule has 0 aliphatic heterocycles. The zero-order valence-electron chi connectivity index (χ0n) is 11.2. The highest BCUT2D eigenvalue weighted by atomic mass is 16.3. The third-order valence-electron chi connectivity index (χ3n) is 2.50. The molecular weight excluding hydrogens is 234 g/mol. The van der Waals surface area contributed by atoms with Crippen molar-refractivity contribution in [3.05, 3.63) is 12.2 Å². The van der Waals surface area contributed by atoms with Crippen molar-refractivity contribution < 1.29 is 19.8 Å². The Hall–Kier alpha value is -1.20. The number of ketones is 1. The minimum atomic E-state index is -0.951. The van der Waals surface area contributed by atoms with Crippen molar-refractivity contribution in [3.63, 3.8) is 0 Å². The minimum absolute atomic E-state index is 0.164. The summed E-state index contributed by atoms with van der Waals surface area (Å²) in [5.41, 5.74) is 0. The molecule has 104 valence electrons. The molecule has 0 heterocycles. The van der Waals surface area contributed by atoms with Gasteiger partial charge < -0.3 is 15.5 Å². The second-order valence-electron chi connectivity index (χ2n) is 4.48. The molecule has 0 bridgehead atoms. The zero-order chi connectivity index (χ0) is 14.1. The molecule has 0 spiro atoms. The molecule has 0 aromatic heterocycles. The van der Waals surface area contributed by atoms with Gasteiger partial charge in [-0.3, -0.25) is 9.59 Å². The first-order chi connectivity index (χ1) is 8.42. The molecule has 0 saturated carbocycles. The van der Waals surface area contributed by atoms with Crippen LogP contribution in [0, 0.1) is 5.92 Å². The second-order valence-corrected chi connectivity index (χ2v) is 4.48. The van der Waals surface area contributed by atoms with E-state index in [0.29, 0.717) is 0 Å². The summed E-state index contributed by atoms with van der Waals surface area (Å²) in [6, 6.07) is -0.778. The number of rotatable bonds is 8. The van der Waals surface area contributed by atoms with Gasteiger partial charge in [-0.1, -0.05) is 32.9 Å². The summed E-state index contributed by atoms with van der Waals surface area (Å²) in [5.74, 6) is -0.840. The van der Waals surface area contributed by atoms with E-state index in [0.717, 1.165) is 6.42 Å². The van der Waals surface area contributed by atoms with E-state index in [1.54, 1.807) is 19.9 Å². The Balaban J connectivity index is 4.32. The number of Topliss-reactive ketones (excluding diaryl/α,β-unsaturated/α-hetero) is 1. The van der Waals surface area contributed by atoms with E-state index < -0.39 is 18.1 Å².